The van der Waals surface area contributed by atoms with Crippen molar-refractivity contribution >= 4 is 17.8 Å². The average Bonchev–Trinajstić information content (AvgIpc) is 3.52. The second kappa shape index (κ2) is 10.7. The molecule has 0 saturated carbocycles. The third-order valence-corrected chi connectivity index (χ3v) is 7.39. The molecule has 218 valence electrons. The molecule has 0 aliphatic carbocycles. The van der Waals surface area contributed by atoms with Gasteiger partial charge >= 0.3 is 6.09 Å². The van der Waals surface area contributed by atoms with E-state index in [1.54, 1.807) is 51.1 Å². The van der Waals surface area contributed by atoms with E-state index in [0.717, 1.165) is 33.9 Å². The molecule has 2 heterocycles. The van der Waals surface area contributed by atoms with E-state index in [4.69, 9.17) is 15.2 Å². The van der Waals surface area contributed by atoms with E-state index in [1.165, 1.54) is 12.1 Å². The van der Waals surface area contributed by atoms with E-state index in [1.807, 2.05) is 30.3 Å². The average molecular weight is 582 g/mol. The van der Waals surface area contributed by atoms with Crippen molar-refractivity contribution in [3.05, 3.63) is 129 Å². The summed E-state index contributed by atoms with van der Waals surface area (Å²) in [7, 11) is 0. The molecular formula is C34H29F2N3O4. The van der Waals surface area contributed by atoms with E-state index < -0.39 is 23.3 Å². The Hall–Kier alpha value is -4.89. The fourth-order valence-electron chi connectivity index (χ4n) is 5.40. The van der Waals surface area contributed by atoms with Crippen LogP contribution in [0.2, 0.25) is 0 Å². The Labute approximate surface area is 247 Å². The van der Waals surface area contributed by atoms with Crippen molar-refractivity contribution < 1.29 is 27.8 Å². The number of rotatable bonds is 5. The van der Waals surface area contributed by atoms with Gasteiger partial charge in [0.05, 0.1) is 0 Å². The predicted molar refractivity (Wildman–Crippen MR) is 158 cm³/mol. The van der Waals surface area contributed by atoms with Crippen molar-refractivity contribution in [3.63, 3.8) is 0 Å². The topological polar surface area (TPSA) is 103 Å². The van der Waals surface area contributed by atoms with Gasteiger partial charge in [-0.15, -0.1) is 0 Å². The van der Waals surface area contributed by atoms with Crippen molar-refractivity contribution in [1.82, 2.24) is 5.32 Å². The molecule has 6 rings (SSSR count). The molecule has 2 amide bonds. The lowest BCUT2D eigenvalue weighted by Crippen LogP contribution is -2.24. The number of nitrogens with zero attached hydrogens (tertiary/aromatic N) is 1. The van der Waals surface area contributed by atoms with E-state index in [-0.39, 0.29) is 30.5 Å². The molecule has 0 aromatic heterocycles. The number of benzene rings is 4. The molecule has 2 aliphatic rings. The first-order valence-corrected chi connectivity index (χ1v) is 13.8. The van der Waals surface area contributed by atoms with Crippen LogP contribution in [0.15, 0.2) is 83.9 Å². The maximum Gasteiger partial charge on any atom is 0.436 e. The molecule has 43 heavy (non-hydrogen) atoms. The molecule has 0 fully saturated rings. The molecule has 2 aliphatic heterocycles. The third-order valence-electron chi connectivity index (χ3n) is 7.39. The van der Waals surface area contributed by atoms with Gasteiger partial charge in [-0.3, -0.25) is 4.79 Å². The van der Waals surface area contributed by atoms with Crippen LogP contribution in [0, 0.1) is 11.6 Å². The van der Waals surface area contributed by atoms with Gasteiger partial charge < -0.3 is 20.5 Å². The zero-order valence-electron chi connectivity index (χ0n) is 23.8. The van der Waals surface area contributed by atoms with E-state index in [2.05, 4.69) is 10.3 Å². The van der Waals surface area contributed by atoms with Crippen LogP contribution in [0.1, 0.15) is 76.7 Å². The highest BCUT2D eigenvalue weighted by Gasteiger charge is 2.43. The summed E-state index contributed by atoms with van der Waals surface area (Å²) < 4.78 is 39.3. The molecule has 4 aromatic carbocycles. The number of halogens is 2. The van der Waals surface area contributed by atoms with Crippen LogP contribution < -0.4 is 11.1 Å². The van der Waals surface area contributed by atoms with Crippen LogP contribution in [0.25, 0.3) is 11.1 Å². The molecule has 0 unspecified atom stereocenters. The number of hydrogen-bond acceptors (Lipinski definition) is 4. The Morgan fingerprint density at radius 2 is 1.51 bits per heavy atom. The van der Waals surface area contributed by atoms with Gasteiger partial charge in [0.15, 0.2) is 0 Å². The maximum atomic E-state index is 14.5. The summed E-state index contributed by atoms with van der Waals surface area (Å²) in [4.78, 5) is 28.8. The largest absolute Gasteiger partial charge is 0.442 e. The molecule has 0 saturated heterocycles. The monoisotopic (exact) mass is 581 g/mol. The SMILES string of the molecule is CC(C)(C)OC(=O)N=C(N)c1ccc(CNC(=O)c2ccc3c(c2)[C@@H]2O[C@H]3c3ccc(-c4ccc(F)cc4F)cc32)cc1. The van der Waals surface area contributed by atoms with Crippen molar-refractivity contribution in [3.8, 4) is 11.1 Å². The van der Waals surface area contributed by atoms with Crippen molar-refractivity contribution in [2.45, 2.75) is 45.1 Å². The second-order valence-corrected chi connectivity index (χ2v) is 11.6. The number of fused-ring (bicyclic) bond motifs is 8. The van der Waals surface area contributed by atoms with Gasteiger partial charge in [0.1, 0.15) is 35.3 Å². The normalized spacial score (nSPS) is 16.9. The number of ether oxygens (including phenoxy) is 2. The van der Waals surface area contributed by atoms with Gasteiger partial charge in [0, 0.05) is 29.3 Å². The highest BCUT2D eigenvalue weighted by Crippen LogP contribution is 2.54. The Balaban J connectivity index is 1.13. The van der Waals surface area contributed by atoms with Crippen LogP contribution in [-0.4, -0.2) is 23.4 Å². The fourth-order valence-corrected chi connectivity index (χ4v) is 5.40. The molecule has 3 N–H and O–H groups in total. The van der Waals surface area contributed by atoms with Crippen molar-refractivity contribution in [2.75, 3.05) is 0 Å². The number of carbonyl (C=O) groups excluding carboxylic acids is 2. The smallest absolute Gasteiger partial charge is 0.436 e. The molecule has 4 aromatic rings. The summed E-state index contributed by atoms with van der Waals surface area (Å²) in [6.07, 6.45) is -1.41. The van der Waals surface area contributed by atoms with Gasteiger partial charge in [-0.2, -0.15) is 4.99 Å². The Morgan fingerprint density at radius 1 is 0.860 bits per heavy atom. The molecule has 2 atom stereocenters. The van der Waals surface area contributed by atoms with Gasteiger partial charge in [-0.25, -0.2) is 13.6 Å². The lowest BCUT2D eigenvalue weighted by Gasteiger charge is -2.18. The van der Waals surface area contributed by atoms with E-state index in [9.17, 15) is 18.4 Å². The predicted octanol–water partition coefficient (Wildman–Crippen LogP) is 6.72. The molecular weight excluding hydrogens is 552 g/mol. The van der Waals surface area contributed by atoms with Gasteiger partial charge in [-0.1, -0.05) is 42.5 Å². The summed E-state index contributed by atoms with van der Waals surface area (Å²) >= 11 is 0. The first-order chi connectivity index (χ1) is 20.5. The lowest BCUT2D eigenvalue weighted by atomic mass is 9.83. The number of carbonyl (C=O) groups is 2. The zero-order chi connectivity index (χ0) is 30.5. The number of nitrogens with one attached hydrogen (secondary N) is 1. The number of nitrogens with two attached hydrogens (primary N) is 1. The summed E-state index contributed by atoms with van der Waals surface area (Å²) in [5, 5.41) is 2.93. The molecule has 9 heteroatoms. The highest BCUT2D eigenvalue weighted by atomic mass is 19.1. The van der Waals surface area contributed by atoms with Gasteiger partial charge in [0.25, 0.3) is 5.91 Å². The van der Waals surface area contributed by atoms with Crippen molar-refractivity contribution in [2.24, 2.45) is 10.7 Å². The summed E-state index contributed by atoms with van der Waals surface area (Å²) in [6, 6.07) is 21.7. The maximum absolute atomic E-state index is 14.5. The Bertz CT molecular complexity index is 1790. The van der Waals surface area contributed by atoms with E-state index >= 15 is 0 Å². The van der Waals surface area contributed by atoms with Gasteiger partial charge in [-0.05, 0) is 84.5 Å². The first-order valence-electron chi connectivity index (χ1n) is 13.8. The molecule has 0 radical (unpaired) electrons. The third kappa shape index (κ3) is 5.63. The summed E-state index contributed by atoms with van der Waals surface area (Å²) in [5.74, 6) is -1.47. The van der Waals surface area contributed by atoms with Crippen LogP contribution in [0.4, 0.5) is 13.6 Å². The minimum atomic E-state index is -0.764. The number of aliphatic imine (C=N–C) groups is 1. The number of amidine groups is 1. The summed E-state index contributed by atoms with van der Waals surface area (Å²) in [6.45, 7) is 5.51. The zero-order valence-corrected chi connectivity index (χ0v) is 23.8. The minimum Gasteiger partial charge on any atom is -0.442 e. The standard InChI is InChI=1S/C34H29F2N3O4/c1-34(2,3)43-33(41)39-31(37)19-6-4-18(5-7-19)17-38-32(40)21-9-12-25-27(15-21)30-26-14-20(8-11-24(26)29(25)42-30)23-13-10-22(35)16-28(23)36/h4-16,29-30H,17H2,1-3H3,(H,38,40)(H2,37,39,41)/t29-,30+/m0/s1. The lowest BCUT2D eigenvalue weighted by molar-refractivity contribution is 0.0604. The molecule has 0 spiro atoms. The highest BCUT2D eigenvalue weighted by molar-refractivity contribution is 6.02. The minimum absolute atomic E-state index is 0.0380. The molecule has 2 bridgehead atoms. The van der Waals surface area contributed by atoms with E-state index in [0.29, 0.717) is 22.3 Å². The molecule has 7 nitrogen and oxygen atoms in total. The fraction of sp³-hybridized carbons (Fsp3) is 0.206. The van der Waals surface area contributed by atoms with Crippen molar-refractivity contribution in [1.29, 1.82) is 0 Å². The Morgan fingerprint density at radius 3 is 2.21 bits per heavy atom. The van der Waals surface area contributed by atoms with Crippen LogP contribution in [-0.2, 0) is 16.0 Å². The first kappa shape index (κ1) is 28.2. The quantitative estimate of drug-likeness (QED) is 0.201. The Kier molecular flexibility index (Phi) is 7.06. The summed E-state index contributed by atoms with van der Waals surface area (Å²) in [5.41, 5.74) is 11.9. The van der Waals surface area contributed by atoms with Crippen LogP contribution in [0.5, 0.6) is 0 Å². The van der Waals surface area contributed by atoms with Crippen LogP contribution in [0.3, 0.4) is 0 Å². The number of amides is 2. The van der Waals surface area contributed by atoms with Gasteiger partial charge in [0.2, 0.25) is 0 Å². The second-order valence-electron chi connectivity index (χ2n) is 11.6. The number of hydrogen-bond donors (Lipinski definition) is 2. The van der Waals surface area contributed by atoms with Crippen LogP contribution >= 0.6 is 0 Å².